The number of aryl methyl sites for hydroxylation is 1. The van der Waals surface area contributed by atoms with Gasteiger partial charge in [0.2, 0.25) is 0 Å². The van der Waals surface area contributed by atoms with Gasteiger partial charge in [-0.25, -0.2) is 4.79 Å². The Hall–Kier alpha value is -1.61. The van der Waals surface area contributed by atoms with Gasteiger partial charge in [-0.1, -0.05) is 24.1 Å². The molecule has 1 N–H and O–H groups in total. The van der Waals surface area contributed by atoms with Crippen molar-refractivity contribution in [1.29, 1.82) is 0 Å². The Labute approximate surface area is 116 Å². The minimum absolute atomic E-state index is 0.354. The van der Waals surface area contributed by atoms with Crippen LogP contribution in [0.1, 0.15) is 40.9 Å². The van der Waals surface area contributed by atoms with E-state index in [9.17, 15) is 9.90 Å². The first kappa shape index (κ1) is 12.4. The van der Waals surface area contributed by atoms with Crippen molar-refractivity contribution < 1.29 is 9.90 Å². The van der Waals surface area contributed by atoms with Gasteiger partial charge in [-0.2, -0.15) is 0 Å². The van der Waals surface area contributed by atoms with Crippen molar-refractivity contribution in [2.45, 2.75) is 32.1 Å². The van der Waals surface area contributed by atoms with E-state index in [0.717, 1.165) is 43.4 Å². The van der Waals surface area contributed by atoms with Crippen LogP contribution in [0.4, 0.5) is 0 Å². The minimum Gasteiger partial charge on any atom is -0.478 e. The molecule has 19 heavy (non-hydrogen) atoms. The van der Waals surface area contributed by atoms with Crippen LogP contribution in [-0.4, -0.2) is 16.1 Å². The molecule has 0 fully saturated rings. The largest absolute Gasteiger partial charge is 0.478 e. The molecule has 1 aromatic carbocycles. The molecule has 3 nitrogen and oxygen atoms in total. The Morgan fingerprint density at radius 2 is 2.00 bits per heavy atom. The zero-order chi connectivity index (χ0) is 13.4. The highest BCUT2D eigenvalue weighted by molar-refractivity contribution is 6.36. The lowest BCUT2D eigenvalue weighted by atomic mass is 9.97. The minimum atomic E-state index is -0.904. The third-order valence-corrected chi connectivity index (χ3v) is 4.02. The molecule has 2 aromatic rings. The lowest BCUT2D eigenvalue weighted by molar-refractivity contribution is 0.0697. The quantitative estimate of drug-likeness (QED) is 0.804. The summed E-state index contributed by atoms with van der Waals surface area (Å²) in [6, 6.07) is 5.37. The Balaban J connectivity index is 2.41. The Morgan fingerprint density at radius 3 is 2.79 bits per heavy atom. The molecule has 98 valence electrons. The van der Waals surface area contributed by atoms with Crippen molar-refractivity contribution in [2.24, 2.45) is 0 Å². The molecule has 0 radical (unpaired) electrons. The van der Waals surface area contributed by atoms with E-state index in [4.69, 9.17) is 11.6 Å². The fourth-order valence-corrected chi connectivity index (χ4v) is 3.11. The van der Waals surface area contributed by atoms with Crippen molar-refractivity contribution >= 4 is 28.5 Å². The molecule has 0 spiro atoms. The Bertz CT molecular complexity index is 667. The predicted octanol–water partition coefficient (Wildman–Crippen LogP) is 3.86. The van der Waals surface area contributed by atoms with Gasteiger partial charge >= 0.3 is 5.97 Å². The van der Waals surface area contributed by atoms with E-state index in [1.165, 1.54) is 0 Å². The molecule has 1 aromatic heterocycles. The zero-order valence-corrected chi connectivity index (χ0v) is 11.2. The third-order valence-electron chi connectivity index (χ3n) is 3.70. The molecule has 0 saturated heterocycles. The first-order chi connectivity index (χ1) is 9.18. The Kier molecular flexibility index (Phi) is 3.15. The van der Waals surface area contributed by atoms with Crippen molar-refractivity contribution in [3.05, 3.63) is 40.0 Å². The summed E-state index contributed by atoms with van der Waals surface area (Å²) in [4.78, 5) is 16.3. The van der Waals surface area contributed by atoms with E-state index < -0.39 is 5.97 Å². The monoisotopic (exact) mass is 275 g/mol. The Morgan fingerprint density at radius 1 is 1.21 bits per heavy atom. The van der Waals surface area contributed by atoms with E-state index in [0.29, 0.717) is 21.5 Å². The van der Waals surface area contributed by atoms with Gasteiger partial charge in [0.05, 0.1) is 16.1 Å². The molecule has 1 aliphatic rings. The maximum atomic E-state index is 11.7. The highest BCUT2D eigenvalue weighted by Gasteiger charge is 2.22. The van der Waals surface area contributed by atoms with E-state index in [1.54, 1.807) is 6.07 Å². The molecular formula is C15H14ClNO2. The van der Waals surface area contributed by atoms with E-state index in [2.05, 4.69) is 4.98 Å². The van der Waals surface area contributed by atoms with Crippen LogP contribution < -0.4 is 0 Å². The number of nitrogens with zero attached hydrogens (tertiary/aromatic N) is 1. The molecule has 3 rings (SSSR count). The maximum Gasteiger partial charge on any atom is 0.336 e. The smallest absolute Gasteiger partial charge is 0.336 e. The molecule has 0 saturated carbocycles. The lowest BCUT2D eigenvalue weighted by Gasteiger charge is -2.13. The van der Waals surface area contributed by atoms with E-state index >= 15 is 0 Å². The number of fused-ring (bicyclic) bond motifs is 2. The standard InChI is InChI=1S/C15H14ClNO2/c16-10-6-4-8-12-14(10)13(15(18)19)9-5-2-1-3-7-11(9)17-12/h4,6,8H,1-3,5,7H2,(H,18,19). The summed E-state index contributed by atoms with van der Waals surface area (Å²) in [5.74, 6) is -0.904. The molecule has 0 bridgehead atoms. The first-order valence-corrected chi connectivity index (χ1v) is 6.89. The fraction of sp³-hybridized carbons (Fsp3) is 0.333. The number of carboxylic acid groups (broad SMARTS) is 1. The second kappa shape index (κ2) is 4.82. The van der Waals surface area contributed by atoms with Gasteiger partial charge in [-0.15, -0.1) is 0 Å². The maximum absolute atomic E-state index is 11.7. The van der Waals surface area contributed by atoms with Gasteiger partial charge in [-0.3, -0.25) is 4.98 Å². The number of pyridine rings is 1. The zero-order valence-electron chi connectivity index (χ0n) is 10.4. The first-order valence-electron chi connectivity index (χ1n) is 6.52. The number of aromatic nitrogens is 1. The number of hydrogen-bond acceptors (Lipinski definition) is 2. The molecule has 4 heteroatoms. The SMILES string of the molecule is O=C(O)c1c2c(nc3cccc(Cl)c13)CCCCC2. The molecule has 1 aliphatic carbocycles. The summed E-state index contributed by atoms with van der Waals surface area (Å²) in [7, 11) is 0. The topological polar surface area (TPSA) is 50.2 Å². The highest BCUT2D eigenvalue weighted by Crippen LogP contribution is 2.32. The number of carbonyl (C=O) groups is 1. The highest BCUT2D eigenvalue weighted by atomic mass is 35.5. The van der Waals surface area contributed by atoms with Gasteiger partial charge in [0.1, 0.15) is 0 Å². The van der Waals surface area contributed by atoms with Gasteiger partial charge in [0.15, 0.2) is 0 Å². The van der Waals surface area contributed by atoms with E-state index in [-0.39, 0.29) is 0 Å². The second-order valence-corrected chi connectivity index (χ2v) is 5.32. The average molecular weight is 276 g/mol. The summed E-state index contributed by atoms with van der Waals surface area (Å²) in [6.07, 6.45) is 4.86. The van der Waals surface area contributed by atoms with Crippen LogP contribution in [0.2, 0.25) is 5.02 Å². The van der Waals surface area contributed by atoms with Crippen molar-refractivity contribution in [2.75, 3.05) is 0 Å². The molecule has 0 aliphatic heterocycles. The van der Waals surface area contributed by atoms with Crippen LogP contribution in [-0.2, 0) is 12.8 Å². The van der Waals surface area contributed by atoms with Crippen LogP contribution in [0.5, 0.6) is 0 Å². The number of hydrogen-bond donors (Lipinski definition) is 1. The number of halogens is 1. The molecular weight excluding hydrogens is 262 g/mol. The van der Waals surface area contributed by atoms with Crippen LogP contribution in [0.3, 0.4) is 0 Å². The summed E-state index contributed by atoms with van der Waals surface area (Å²) in [5, 5.41) is 10.6. The van der Waals surface area contributed by atoms with Gasteiger partial charge in [-0.05, 0) is 43.4 Å². The van der Waals surface area contributed by atoms with Crippen molar-refractivity contribution in [1.82, 2.24) is 4.98 Å². The fourth-order valence-electron chi connectivity index (χ4n) is 2.84. The summed E-state index contributed by atoms with van der Waals surface area (Å²) in [5.41, 5.74) is 2.85. The van der Waals surface area contributed by atoms with E-state index in [1.807, 2.05) is 12.1 Å². The summed E-state index contributed by atoms with van der Waals surface area (Å²) in [6.45, 7) is 0. The van der Waals surface area contributed by atoms with Crippen LogP contribution in [0.15, 0.2) is 18.2 Å². The molecule has 0 amide bonds. The van der Waals surface area contributed by atoms with Gasteiger partial charge in [0.25, 0.3) is 0 Å². The average Bonchev–Trinajstić information content (AvgIpc) is 2.61. The van der Waals surface area contributed by atoms with Crippen LogP contribution in [0.25, 0.3) is 10.9 Å². The summed E-state index contributed by atoms with van der Waals surface area (Å²) >= 11 is 6.19. The molecule has 0 atom stereocenters. The number of benzene rings is 1. The van der Waals surface area contributed by atoms with Crippen molar-refractivity contribution in [3.8, 4) is 0 Å². The van der Waals surface area contributed by atoms with Crippen molar-refractivity contribution in [3.63, 3.8) is 0 Å². The van der Waals surface area contributed by atoms with Crippen LogP contribution in [0, 0.1) is 0 Å². The number of rotatable bonds is 1. The number of aromatic carboxylic acids is 1. The predicted molar refractivity (Wildman–Crippen MR) is 75.0 cm³/mol. The van der Waals surface area contributed by atoms with Gasteiger partial charge < -0.3 is 5.11 Å². The number of carboxylic acids is 1. The lowest BCUT2D eigenvalue weighted by Crippen LogP contribution is -2.09. The molecule has 0 unspecified atom stereocenters. The second-order valence-electron chi connectivity index (χ2n) is 4.91. The summed E-state index contributed by atoms with van der Waals surface area (Å²) < 4.78 is 0. The normalized spacial score (nSPS) is 15.0. The van der Waals surface area contributed by atoms with Gasteiger partial charge in [0, 0.05) is 11.1 Å². The molecule has 1 heterocycles. The third kappa shape index (κ3) is 2.08. The van der Waals surface area contributed by atoms with Crippen LogP contribution >= 0.6 is 11.6 Å².